The lowest BCUT2D eigenvalue weighted by atomic mass is 9.86. The second kappa shape index (κ2) is 11.2. The average molecular weight is 551 g/mol. The molecule has 2 atom stereocenters. The Morgan fingerprint density at radius 1 is 1.39 bits per heavy atom. The van der Waals surface area contributed by atoms with Crippen LogP contribution in [-0.2, 0) is 20.1 Å². The maximum atomic E-state index is 13.0. The zero-order valence-electron chi connectivity index (χ0n) is 18.7. The molecule has 16 heteroatoms. The first-order valence-electron chi connectivity index (χ1n) is 10.7. The SMILES string of the molecule is NCCSCc1cnccc1SC1=C(C(=O)O)N2C(=O)[C@@H](NC(=O)/C(=N\O)c3nsc(N)n3)C2CC1. The lowest BCUT2D eigenvalue weighted by Gasteiger charge is -2.50. The van der Waals surface area contributed by atoms with Crippen molar-refractivity contribution in [3.63, 3.8) is 0 Å². The van der Waals surface area contributed by atoms with E-state index in [-0.39, 0.29) is 16.7 Å². The molecule has 2 aromatic rings. The summed E-state index contributed by atoms with van der Waals surface area (Å²) in [6, 6.07) is 0.287. The van der Waals surface area contributed by atoms with Crippen molar-refractivity contribution in [1.29, 1.82) is 0 Å². The summed E-state index contributed by atoms with van der Waals surface area (Å²) in [6.45, 7) is 0.553. The molecule has 190 valence electrons. The summed E-state index contributed by atoms with van der Waals surface area (Å²) in [7, 11) is 0. The van der Waals surface area contributed by atoms with Gasteiger partial charge in [0, 0.05) is 51.8 Å². The van der Waals surface area contributed by atoms with Crippen LogP contribution in [0.2, 0.25) is 0 Å². The number of β-lactam (4-membered cyclic amide) rings is 1. The van der Waals surface area contributed by atoms with Gasteiger partial charge in [0.2, 0.25) is 11.5 Å². The summed E-state index contributed by atoms with van der Waals surface area (Å²) >= 11 is 3.78. The van der Waals surface area contributed by atoms with Crippen LogP contribution in [0, 0.1) is 0 Å². The molecule has 1 unspecified atom stereocenters. The number of fused-ring (bicyclic) bond motifs is 1. The summed E-state index contributed by atoms with van der Waals surface area (Å²) in [5, 5.41) is 24.7. The largest absolute Gasteiger partial charge is 0.477 e. The van der Waals surface area contributed by atoms with Crippen LogP contribution in [0.4, 0.5) is 5.13 Å². The van der Waals surface area contributed by atoms with Crippen molar-refractivity contribution >= 4 is 63.7 Å². The van der Waals surface area contributed by atoms with Crippen LogP contribution in [0.3, 0.4) is 0 Å². The molecule has 2 aromatic heterocycles. The number of nitrogens with zero attached hydrogens (tertiary/aromatic N) is 5. The van der Waals surface area contributed by atoms with Gasteiger partial charge in [-0.05, 0) is 24.5 Å². The number of hydrogen-bond donors (Lipinski definition) is 5. The van der Waals surface area contributed by atoms with Crippen molar-refractivity contribution < 1.29 is 24.7 Å². The number of pyridine rings is 1. The van der Waals surface area contributed by atoms with Gasteiger partial charge >= 0.3 is 5.97 Å². The first kappa shape index (κ1) is 25.9. The summed E-state index contributed by atoms with van der Waals surface area (Å²) in [6.07, 6.45) is 4.21. The molecule has 4 rings (SSSR count). The van der Waals surface area contributed by atoms with Gasteiger partial charge in [0.15, 0.2) is 5.13 Å². The van der Waals surface area contributed by atoms with Gasteiger partial charge in [-0.1, -0.05) is 16.9 Å². The zero-order valence-corrected chi connectivity index (χ0v) is 21.1. The maximum Gasteiger partial charge on any atom is 0.353 e. The molecule has 0 aromatic carbocycles. The fraction of sp³-hybridized carbons (Fsp3) is 0.350. The topological polar surface area (TPSA) is 210 Å². The Morgan fingerprint density at radius 3 is 2.86 bits per heavy atom. The third-order valence-electron chi connectivity index (χ3n) is 5.46. The number of nitrogens with one attached hydrogen (secondary N) is 1. The molecular weight excluding hydrogens is 528 g/mol. The molecule has 0 saturated carbocycles. The molecule has 36 heavy (non-hydrogen) atoms. The van der Waals surface area contributed by atoms with Crippen LogP contribution in [0.5, 0.6) is 0 Å². The van der Waals surface area contributed by atoms with Gasteiger partial charge in [-0.3, -0.25) is 19.5 Å². The van der Waals surface area contributed by atoms with E-state index in [0.29, 0.717) is 30.0 Å². The van der Waals surface area contributed by atoms with Gasteiger partial charge < -0.3 is 27.1 Å². The highest BCUT2D eigenvalue weighted by molar-refractivity contribution is 8.03. The summed E-state index contributed by atoms with van der Waals surface area (Å²) in [5.74, 6) is -1.38. The lowest BCUT2D eigenvalue weighted by molar-refractivity contribution is -0.155. The molecule has 7 N–H and O–H groups in total. The quantitative estimate of drug-likeness (QED) is 0.0898. The summed E-state index contributed by atoms with van der Waals surface area (Å²) < 4.78 is 3.83. The number of carbonyl (C=O) groups excluding carboxylic acids is 2. The Labute approximate surface area is 217 Å². The summed E-state index contributed by atoms with van der Waals surface area (Å²) in [5.41, 5.74) is 11.4. The number of aromatic nitrogens is 3. The number of carboxylic acids is 1. The van der Waals surface area contributed by atoms with E-state index in [0.717, 1.165) is 27.7 Å². The van der Waals surface area contributed by atoms with E-state index in [2.05, 4.69) is 24.8 Å². The first-order chi connectivity index (χ1) is 17.3. The smallest absolute Gasteiger partial charge is 0.353 e. The van der Waals surface area contributed by atoms with Crippen molar-refractivity contribution in [2.24, 2.45) is 10.9 Å². The van der Waals surface area contributed by atoms with E-state index < -0.39 is 35.6 Å². The number of amides is 2. The predicted octanol–water partition coefficient (Wildman–Crippen LogP) is 0.463. The zero-order chi connectivity index (χ0) is 25.8. The molecule has 1 fully saturated rings. The third-order valence-corrected chi connectivity index (χ3v) is 8.31. The number of allylic oxidation sites excluding steroid dienone is 1. The van der Waals surface area contributed by atoms with E-state index in [1.807, 2.05) is 6.07 Å². The van der Waals surface area contributed by atoms with Gasteiger partial charge in [-0.2, -0.15) is 21.1 Å². The van der Waals surface area contributed by atoms with Crippen molar-refractivity contribution in [3.05, 3.63) is 40.5 Å². The molecule has 13 nitrogen and oxygen atoms in total. The number of hydrogen-bond acceptors (Lipinski definition) is 13. The summed E-state index contributed by atoms with van der Waals surface area (Å²) in [4.78, 5) is 48.4. The van der Waals surface area contributed by atoms with Crippen LogP contribution >= 0.6 is 35.1 Å². The van der Waals surface area contributed by atoms with Gasteiger partial charge in [-0.25, -0.2) is 4.79 Å². The van der Waals surface area contributed by atoms with E-state index in [4.69, 9.17) is 11.5 Å². The number of nitrogens with two attached hydrogens (primary N) is 2. The van der Waals surface area contributed by atoms with Crippen LogP contribution in [0.15, 0.2) is 39.1 Å². The highest BCUT2D eigenvalue weighted by Gasteiger charge is 2.54. The molecule has 0 spiro atoms. The average Bonchev–Trinajstić information content (AvgIpc) is 3.29. The maximum absolute atomic E-state index is 13.0. The number of nitrogen functional groups attached to an aromatic ring is 1. The minimum Gasteiger partial charge on any atom is -0.477 e. The Kier molecular flexibility index (Phi) is 8.07. The fourth-order valence-electron chi connectivity index (χ4n) is 3.88. The number of oxime groups is 1. The lowest BCUT2D eigenvalue weighted by Crippen LogP contribution is -2.72. The predicted molar refractivity (Wildman–Crippen MR) is 134 cm³/mol. The normalized spacial score (nSPS) is 19.6. The number of rotatable bonds is 10. The van der Waals surface area contributed by atoms with E-state index in [1.54, 1.807) is 24.2 Å². The molecule has 1 saturated heterocycles. The highest BCUT2D eigenvalue weighted by atomic mass is 32.2. The molecule has 4 heterocycles. The minimum absolute atomic E-state index is 0.0775. The number of aliphatic carboxylic acids is 1. The number of carboxylic acid groups (broad SMARTS) is 1. The molecular formula is C20H22N8O5S3. The van der Waals surface area contributed by atoms with Crippen LogP contribution < -0.4 is 16.8 Å². The van der Waals surface area contributed by atoms with Crippen LogP contribution in [-0.4, -0.2) is 77.4 Å². The van der Waals surface area contributed by atoms with Gasteiger partial charge in [-0.15, -0.1) is 0 Å². The number of thioether (sulfide) groups is 2. The Bertz CT molecular complexity index is 1250. The highest BCUT2D eigenvalue weighted by Crippen LogP contribution is 2.44. The Hall–Kier alpha value is -3.21. The van der Waals surface area contributed by atoms with Gasteiger partial charge in [0.05, 0.1) is 6.04 Å². The molecule has 0 aliphatic carbocycles. The number of anilines is 1. The van der Waals surface area contributed by atoms with Crippen molar-refractivity contribution in [1.82, 2.24) is 24.6 Å². The monoisotopic (exact) mass is 550 g/mol. The second-order valence-electron chi connectivity index (χ2n) is 7.67. The van der Waals surface area contributed by atoms with Crippen molar-refractivity contribution in [3.8, 4) is 0 Å². The number of carbonyl (C=O) groups is 3. The van der Waals surface area contributed by atoms with Crippen LogP contribution in [0.1, 0.15) is 24.2 Å². The second-order valence-corrected chi connectivity index (χ2v) is 10.7. The molecule has 2 aliphatic rings. The minimum atomic E-state index is -1.23. The van der Waals surface area contributed by atoms with Gasteiger partial charge in [0.25, 0.3) is 11.8 Å². The molecule has 2 aliphatic heterocycles. The van der Waals surface area contributed by atoms with Crippen LogP contribution in [0.25, 0.3) is 0 Å². The molecule has 0 radical (unpaired) electrons. The van der Waals surface area contributed by atoms with Gasteiger partial charge in [0.1, 0.15) is 11.7 Å². The van der Waals surface area contributed by atoms with Crippen molar-refractivity contribution in [2.75, 3.05) is 18.0 Å². The Balaban J connectivity index is 1.51. The Morgan fingerprint density at radius 2 is 2.19 bits per heavy atom. The molecule has 0 bridgehead atoms. The molecule has 2 amide bonds. The van der Waals surface area contributed by atoms with E-state index >= 15 is 0 Å². The van der Waals surface area contributed by atoms with Crippen molar-refractivity contribution in [2.45, 2.75) is 35.6 Å². The first-order valence-corrected chi connectivity index (χ1v) is 13.4. The fourth-order valence-corrected chi connectivity index (χ4v) is 6.32. The standard InChI is InChI=1S/C20H22N8O5S3/c21-4-6-34-8-9-7-23-5-3-11(9)35-12-2-1-10-13(18(30)28(10)15(12)19(31)32)24-17(29)14(26-33)16-25-20(22)36-27-16/h3,5,7,10,13,33H,1-2,4,6,8,21H2,(H,24,29)(H,31,32)(H2,22,25,27)/b26-14-/t10?,13-/m0/s1. The van der Waals surface area contributed by atoms with E-state index in [9.17, 15) is 24.7 Å². The third kappa shape index (κ3) is 5.16. The van der Waals surface area contributed by atoms with E-state index in [1.165, 1.54) is 16.7 Å².